The minimum atomic E-state index is 0. The molecule has 0 saturated heterocycles. The van der Waals surface area contributed by atoms with E-state index in [4.69, 9.17) is 0 Å². The van der Waals surface area contributed by atoms with Crippen LogP contribution in [0.1, 0.15) is 57.3 Å². The molecule has 4 aliphatic carbocycles. The summed E-state index contributed by atoms with van der Waals surface area (Å²) in [5.41, 5.74) is 16.8. The number of halogens is 2. The van der Waals surface area contributed by atoms with Crippen molar-refractivity contribution in [3.63, 3.8) is 0 Å². The fraction of sp³-hybridized carbons (Fsp3) is 0.121. The Labute approximate surface area is 460 Å². The molecule has 0 unspecified atom stereocenters. The summed E-state index contributed by atoms with van der Waals surface area (Å²) < 4.78 is 3.30. The molecule has 0 aromatic heterocycles. The largest absolute Gasteiger partial charge is 0.179 e. The maximum atomic E-state index is 3.30. The van der Waals surface area contributed by atoms with Gasteiger partial charge in [-0.1, -0.05) is 70.8 Å². The Kier molecular flexibility index (Phi) is 25.4. The number of allylic oxidation sites excluding steroid dienone is 8. The van der Waals surface area contributed by atoms with E-state index in [0.717, 1.165) is 51.4 Å². The number of hydrogen-bond acceptors (Lipinski definition) is 0. The van der Waals surface area contributed by atoms with Crippen LogP contribution in [0.4, 0.5) is 0 Å². The zero-order chi connectivity index (χ0) is 46.9. The van der Waals surface area contributed by atoms with E-state index >= 15 is 0 Å². The van der Waals surface area contributed by atoms with E-state index in [2.05, 4.69) is 231 Å². The first-order valence-corrected chi connectivity index (χ1v) is 27.1. The first kappa shape index (κ1) is 55.7. The molecule has 4 aliphatic rings. The Bertz CT molecular complexity index is 2520. The second kappa shape index (κ2) is 31.9. The molecule has 0 bridgehead atoms. The van der Waals surface area contributed by atoms with E-state index < -0.39 is 0 Å². The van der Waals surface area contributed by atoms with Crippen LogP contribution in [0.15, 0.2) is 243 Å². The summed E-state index contributed by atoms with van der Waals surface area (Å²) >= 11 is 2.35. The predicted octanol–water partition coefficient (Wildman–Crippen LogP) is 16.0. The molecule has 0 N–H and O–H groups in total. The van der Waals surface area contributed by atoms with Crippen LogP contribution in [0.25, 0.3) is 22.3 Å². The van der Waals surface area contributed by atoms with Crippen LogP contribution in [0.3, 0.4) is 0 Å². The van der Waals surface area contributed by atoms with E-state index in [-0.39, 0.29) is 24.8 Å². The SMILES string of the molecule is Cl.Cl.[C-]1=CC=CC1.[C-]1=CC=CC1.[Hf+2]=[C](Cc1ccccc1)Cc1ccccc1.[Hf+2]=[C](Cc1ccccc1)Cc1ccccc1.[c-]1cccc2c1Cc1ccccc1-2.[c-]1cccc2c1Cc1ccccc1-2. The molecule has 0 saturated carbocycles. The molecule has 0 atom stereocenters. The van der Waals surface area contributed by atoms with Gasteiger partial charge in [0.1, 0.15) is 0 Å². The van der Waals surface area contributed by atoms with Gasteiger partial charge in [-0.15, -0.1) is 48.8 Å². The third-order valence-corrected chi connectivity index (χ3v) is 14.0. The van der Waals surface area contributed by atoms with Gasteiger partial charge in [0, 0.05) is 0 Å². The first-order chi connectivity index (χ1) is 33.6. The van der Waals surface area contributed by atoms with Gasteiger partial charge < -0.3 is 0 Å². The molecule has 0 aliphatic heterocycles. The summed E-state index contributed by atoms with van der Waals surface area (Å²) in [7, 11) is 0. The van der Waals surface area contributed by atoms with Crippen LogP contribution < -0.4 is 0 Å². The number of hydrogen-bond donors (Lipinski definition) is 0. The van der Waals surface area contributed by atoms with Gasteiger partial charge in [-0.25, -0.2) is 24.3 Å². The van der Waals surface area contributed by atoms with Crippen LogP contribution in [-0.2, 0) is 86.3 Å². The van der Waals surface area contributed by atoms with E-state index in [1.54, 1.807) is 6.51 Å². The van der Waals surface area contributed by atoms with Crippen LogP contribution in [0.5, 0.6) is 0 Å². The predicted molar refractivity (Wildman–Crippen MR) is 295 cm³/mol. The summed E-state index contributed by atoms with van der Waals surface area (Å²) in [5.74, 6) is 0. The molecular weight excluding hydrogens is 1220 g/mol. The topological polar surface area (TPSA) is 0 Å². The second-order valence-corrected chi connectivity index (χ2v) is 21.7. The molecule has 8 aromatic carbocycles. The monoisotopic (exact) mass is 1280 g/mol. The molecule has 12 rings (SSSR count). The molecule has 0 spiro atoms. The Balaban J connectivity index is 0.000000162. The van der Waals surface area contributed by atoms with Crippen molar-refractivity contribution in [2.24, 2.45) is 0 Å². The van der Waals surface area contributed by atoms with Crippen LogP contribution >= 0.6 is 24.8 Å². The van der Waals surface area contributed by atoms with Crippen molar-refractivity contribution in [3.05, 3.63) is 312 Å². The van der Waals surface area contributed by atoms with Gasteiger partial charge in [0.15, 0.2) is 0 Å². The smallest absolute Gasteiger partial charge is 0.0253 e. The molecule has 344 valence electrons. The van der Waals surface area contributed by atoms with Gasteiger partial charge in [-0.2, -0.15) is 71.8 Å². The molecule has 0 heterocycles. The number of rotatable bonds is 8. The average molecular weight is 1280 g/mol. The number of fused-ring (bicyclic) bond motifs is 6. The summed E-state index contributed by atoms with van der Waals surface area (Å²) in [5, 5.41) is 0. The zero-order valence-corrected chi connectivity index (χ0v) is 48.4. The Morgan fingerprint density at radius 3 is 0.943 bits per heavy atom. The Morgan fingerprint density at radius 2 is 0.657 bits per heavy atom. The quantitative estimate of drug-likeness (QED) is 0.105. The fourth-order valence-electron chi connectivity index (χ4n) is 8.17. The van der Waals surface area contributed by atoms with Gasteiger partial charge in [-0.05, 0) is 12.8 Å². The standard InChI is InChI=1S/2C15H14.2C13H9.2C5H5.2ClH.2Hf/c2*1-3-8-14(9-4-1)12-7-13-15-10-5-2-6-11-15;2*1-3-7-12-10(5-1)9-11-6-2-4-8-13(11)12;2*1-2-4-5-3-1;;;;/h2*1-6,8-11H,12-13H2;2*1-5,7-8H,9H2;2*1-3H,4H2;2*1H;;/q;;4*-1;;;2*+2. The van der Waals surface area contributed by atoms with Crippen molar-refractivity contribution in [2.75, 3.05) is 0 Å². The van der Waals surface area contributed by atoms with E-state index in [0.29, 0.717) is 0 Å². The summed E-state index contributed by atoms with van der Waals surface area (Å²) in [4.78, 5) is 0. The van der Waals surface area contributed by atoms with E-state index in [9.17, 15) is 0 Å². The van der Waals surface area contributed by atoms with E-state index in [1.165, 1.54) is 115 Å². The average Bonchev–Trinajstić information content (AvgIpc) is 4.26. The van der Waals surface area contributed by atoms with Crippen LogP contribution in [0, 0.1) is 24.3 Å². The van der Waals surface area contributed by atoms with Crippen LogP contribution in [0.2, 0.25) is 0 Å². The van der Waals surface area contributed by atoms with Gasteiger partial charge in [0.2, 0.25) is 0 Å². The summed E-state index contributed by atoms with van der Waals surface area (Å²) in [6.45, 7) is 0. The summed E-state index contributed by atoms with van der Waals surface area (Å²) in [6, 6.07) is 79.2. The van der Waals surface area contributed by atoms with Gasteiger partial charge in [-0.3, -0.25) is 12.2 Å². The first-order valence-electron chi connectivity index (χ1n) is 23.5. The maximum absolute atomic E-state index is 3.30. The van der Waals surface area contributed by atoms with E-state index in [1.807, 2.05) is 36.4 Å². The van der Waals surface area contributed by atoms with Crippen molar-refractivity contribution in [1.29, 1.82) is 0 Å². The molecule has 0 radical (unpaired) electrons. The van der Waals surface area contributed by atoms with Crippen molar-refractivity contribution >= 4 is 31.3 Å². The fourth-order valence-corrected chi connectivity index (χ4v) is 11.1. The molecule has 70 heavy (non-hydrogen) atoms. The molecule has 0 fully saturated rings. The van der Waals surface area contributed by atoms with Gasteiger partial charge in [0.05, 0.1) is 0 Å². The third-order valence-electron chi connectivity index (χ3n) is 11.4. The molecule has 0 amide bonds. The minimum absolute atomic E-state index is 0. The summed E-state index contributed by atoms with van der Waals surface area (Å²) in [6.07, 6.45) is 26.7. The van der Waals surface area contributed by atoms with Crippen LogP contribution in [-0.4, -0.2) is 6.51 Å². The van der Waals surface area contributed by atoms with Crippen molar-refractivity contribution < 1.29 is 47.8 Å². The number of benzene rings is 8. The molecular formula is C66H58Cl2Hf2. The second-order valence-electron chi connectivity index (χ2n) is 16.7. The Hall–Kier alpha value is -5.22. The minimum Gasteiger partial charge on any atom is -0.179 e. The normalized spacial score (nSPS) is 11.7. The van der Waals surface area contributed by atoms with Crippen molar-refractivity contribution in [3.8, 4) is 22.3 Å². The maximum Gasteiger partial charge on any atom is -0.0253 e. The van der Waals surface area contributed by atoms with Crippen molar-refractivity contribution in [2.45, 2.75) is 51.4 Å². The van der Waals surface area contributed by atoms with Crippen molar-refractivity contribution in [1.82, 2.24) is 0 Å². The molecule has 8 aromatic rings. The Morgan fingerprint density at radius 1 is 0.357 bits per heavy atom. The zero-order valence-electron chi connectivity index (χ0n) is 39.6. The van der Waals surface area contributed by atoms with Gasteiger partial charge >= 0.3 is 224 Å². The molecule has 4 heteroatoms. The third kappa shape index (κ3) is 18.8. The molecule has 0 nitrogen and oxygen atoms in total. The van der Waals surface area contributed by atoms with Gasteiger partial charge in [0.25, 0.3) is 0 Å².